The molecule has 1 aliphatic carbocycles. The van der Waals surface area contributed by atoms with Crippen LogP contribution in [0, 0.1) is 5.41 Å². The molecule has 0 saturated heterocycles. The molecule has 0 unspecified atom stereocenters. The molecule has 1 aliphatic rings. The topological polar surface area (TPSA) is 26.0 Å². The quantitative estimate of drug-likeness (QED) is 0.566. The normalized spacial score (nSPS) is 19.1. The van der Waals surface area contributed by atoms with Crippen molar-refractivity contribution in [3.63, 3.8) is 0 Å². The first-order valence-corrected chi connectivity index (χ1v) is 4.07. The Labute approximate surface area is 69.0 Å². The van der Waals surface area contributed by atoms with Gasteiger partial charge in [0.05, 0.1) is 0 Å². The van der Waals surface area contributed by atoms with E-state index in [-0.39, 0.29) is 5.41 Å². The zero-order valence-corrected chi connectivity index (χ0v) is 7.86. The summed E-state index contributed by atoms with van der Waals surface area (Å²) in [6, 6.07) is 0. The summed E-state index contributed by atoms with van der Waals surface area (Å²) in [4.78, 5) is 0. The fraction of sp³-hybridized carbons (Fsp3) is 0.600. The SMILES string of the molecule is CC1=CC(N)=C(C(C)(C)C)C1. The molecule has 0 aliphatic heterocycles. The highest BCUT2D eigenvalue weighted by atomic mass is 14.6. The van der Waals surface area contributed by atoms with Gasteiger partial charge in [0, 0.05) is 5.70 Å². The van der Waals surface area contributed by atoms with Crippen LogP contribution in [-0.2, 0) is 0 Å². The van der Waals surface area contributed by atoms with Crippen molar-refractivity contribution in [3.05, 3.63) is 22.9 Å². The molecule has 0 bridgehead atoms. The van der Waals surface area contributed by atoms with Crippen LogP contribution < -0.4 is 5.73 Å². The average molecular weight is 151 g/mol. The van der Waals surface area contributed by atoms with Crippen LogP contribution in [0.25, 0.3) is 0 Å². The average Bonchev–Trinajstić information content (AvgIpc) is 2.08. The second-order valence-corrected chi connectivity index (χ2v) is 4.35. The van der Waals surface area contributed by atoms with Gasteiger partial charge < -0.3 is 5.73 Å². The number of hydrogen-bond donors (Lipinski definition) is 1. The Morgan fingerprint density at radius 2 is 1.91 bits per heavy atom. The summed E-state index contributed by atoms with van der Waals surface area (Å²) in [5, 5.41) is 0. The molecule has 0 heterocycles. The Bertz CT molecular complexity index is 226. The van der Waals surface area contributed by atoms with Crippen LogP contribution in [0.15, 0.2) is 22.9 Å². The van der Waals surface area contributed by atoms with Gasteiger partial charge in [-0.05, 0) is 30.4 Å². The van der Waals surface area contributed by atoms with Gasteiger partial charge in [-0.2, -0.15) is 0 Å². The van der Waals surface area contributed by atoms with E-state index in [0.29, 0.717) is 0 Å². The van der Waals surface area contributed by atoms with E-state index in [1.165, 1.54) is 11.1 Å². The Balaban J connectivity index is 2.88. The fourth-order valence-electron chi connectivity index (χ4n) is 1.48. The van der Waals surface area contributed by atoms with Gasteiger partial charge in [-0.25, -0.2) is 0 Å². The van der Waals surface area contributed by atoms with Crippen LogP contribution in [-0.4, -0.2) is 0 Å². The lowest BCUT2D eigenvalue weighted by Crippen LogP contribution is -2.12. The summed E-state index contributed by atoms with van der Waals surface area (Å²) in [7, 11) is 0. The van der Waals surface area contributed by atoms with E-state index >= 15 is 0 Å². The van der Waals surface area contributed by atoms with E-state index in [9.17, 15) is 0 Å². The summed E-state index contributed by atoms with van der Waals surface area (Å²) < 4.78 is 0. The van der Waals surface area contributed by atoms with Crippen LogP contribution in [0.3, 0.4) is 0 Å². The maximum absolute atomic E-state index is 5.86. The fourth-order valence-corrected chi connectivity index (χ4v) is 1.48. The summed E-state index contributed by atoms with van der Waals surface area (Å²) in [5.74, 6) is 0. The van der Waals surface area contributed by atoms with Gasteiger partial charge in [-0.15, -0.1) is 0 Å². The highest BCUT2D eigenvalue weighted by molar-refractivity contribution is 5.38. The maximum Gasteiger partial charge on any atom is 0.0314 e. The predicted molar refractivity (Wildman–Crippen MR) is 49.0 cm³/mol. The van der Waals surface area contributed by atoms with E-state index < -0.39 is 0 Å². The maximum atomic E-state index is 5.86. The smallest absolute Gasteiger partial charge is 0.0314 e. The standard InChI is InChI=1S/C10H17N/c1-7-5-8(9(11)6-7)10(2,3)4/h6H,5,11H2,1-4H3. The number of hydrogen-bond acceptors (Lipinski definition) is 1. The molecule has 11 heavy (non-hydrogen) atoms. The Morgan fingerprint density at radius 3 is 2.09 bits per heavy atom. The molecule has 0 aromatic carbocycles. The zero-order valence-electron chi connectivity index (χ0n) is 7.86. The van der Waals surface area contributed by atoms with Crippen molar-refractivity contribution in [1.82, 2.24) is 0 Å². The molecule has 1 rings (SSSR count). The second-order valence-electron chi connectivity index (χ2n) is 4.35. The Hall–Kier alpha value is -0.720. The van der Waals surface area contributed by atoms with Crippen LogP contribution >= 0.6 is 0 Å². The second kappa shape index (κ2) is 2.40. The van der Waals surface area contributed by atoms with Crippen molar-refractivity contribution in [3.8, 4) is 0 Å². The van der Waals surface area contributed by atoms with E-state index in [1.807, 2.05) is 0 Å². The van der Waals surface area contributed by atoms with Crippen LogP contribution in [0.5, 0.6) is 0 Å². The van der Waals surface area contributed by atoms with E-state index in [1.54, 1.807) is 0 Å². The van der Waals surface area contributed by atoms with E-state index in [4.69, 9.17) is 5.73 Å². The third-order valence-electron chi connectivity index (χ3n) is 2.11. The molecular formula is C10H17N. The Kier molecular flexibility index (Phi) is 1.83. The van der Waals surface area contributed by atoms with E-state index in [0.717, 1.165) is 12.1 Å². The van der Waals surface area contributed by atoms with Crippen molar-refractivity contribution >= 4 is 0 Å². The monoisotopic (exact) mass is 151 g/mol. The summed E-state index contributed by atoms with van der Waals surface area (Å²) in [6.45, 7) is 8.76. The van der Waals surface area contributed by atoms with Crippen LogP contribution in [0.4, 0.5) is 0 Å². The lowest BCUT2D eigenvalue weighted by atomic mass is 9.84. The Morgan fingerprint density at radius 1 is 1.36 bits per heavy atom. The van der Waals surface area contributed by atoms with Gasteiger partial charge in [-0.1, -0.05) is 26.3 Å². The lowest BCUT2D eigenvalue weighted by Gasteiger charge is -2.21. The number of rotatable bonds is 0. The lowest BCUT2D eigenvalue weighted by molar-refractivity contribution is 0.490. The van der Waals surface area contributed by atoms with Gasteiger partial charge in [-0.3, -0.25) is 0 Å². The third kappa shape index (κ3) is 1.65. The van der Waals surface area contributed by atoms with Crippen LogP contribution in [0.1, 0.15) is 34.1 Å². The molecular weight excluding hydrogens is 134 g/mol. The third-order valence-corrected chi connectivity index (χ3v) is 2.11. The predicted octanol–water partition coefficient (Wildman–Crippen LogP) is 2.60. The minimum atomic E-state index is 0.234. The molecule has 1 nitrogen and oxygen atoms in total. The first kappa shape index (κ1) is 8.38. The molecule has 1 heteroatoms. The van der Waals surface area contributed by atoms with Crippen molar-refractivity contribution in [2.24, 2.45) is 11.1 Å². The molecule has 2 N–H and O–H groups in total. The van der Waals surface area contributed by atoms with Crippen molar-refractivity contribution < 1.29 is 0 Å². The van der Waals surface area contributed by atoms with Crippen molar-refractivity contribution in [2.45, 2.75) is 34.1 Å². The molecule has 0 aromatic rings. The first-order valence-electron chi connectivity index (χ1n) is 4.07. The highest BCUT2D eigenvalue weighted by Crippen LogP contribution is 2.35. The molecule has 0 fully saturated rings. The van der Waals surface area contributed by atoms with Gasteiger partial charge in [0.1, 0.15) is 0 Å². The zero-order chi connectivity index (χ0) is 8.65. The number of nitrogens with two attached hydrogens (primary N) is 1. The molecule has 0 aromatic heterocycles. The molecule has 0 spiro atoms. The van der Waals surface area contributed by atoms with Gasteiger partial charge >= 0.3 is 0 Å². The molecule has 0 atom stereocenters. The first-order chi connectivity index (χ1) is 4.91. The molecule has 0 radical (unpaired) electrons. The minimum absolute atomic E-state index is 0.234. The minimum Gasteiger partial charge on any atom is -0.399 e. The van der Waals surface area contributed by atoms with Crippen molar-refractivity contribution in [2.75, 3.05) is 0 Å². The highest BCUT2D eigenvalue weighted by Gasteiger charge is 2.22. The number of allylic oxidation sites excluding steroid dienone is 3. The summed E-state index contributed by atoms with van der Waals surface area (Å²) >= 11 is 0. The van der Waals surface area contributed by atoms with Gasteiger partial charge in [0.2, 0.25) is 0 Å². The van der Waals surface area contributed by atoms with Crippen molar-refractivity contribution in [1.29, 1.82) is 0 Å². The van der Waals surface area contributed by atoms with Gasteiger partial charge in [0.25, 0.3) is 0 Å². The molecule has 0 saturated carbocycles. The molecule has 0 amide bonds. The summed E-state index contributed by atoms with van der Waals surface area (Å²) in [5.41, 5.74) is 9.84. The molecule has 62 valence electrons. The summed E-state index contributed by atoms with van der Waals surface area (Å²) in [6.07, 6.45) is 3.15. The van der Waals surface area contributed by atoms with Crippen LogP contribution in [0.2, 0.25) is 0 Å². The van der Waals surface area contributed by atoms with Gasteiger partial charge in [0.15, 0.2) is 0 Å². The largest absolute Gasteiger partial charge is 0.399 e. The van der Waals surface area contributed by atoms with E-state index in [2.05, 4.69) is 33.8 Å².